The first kappa shape index (κ1) is 13.5. The Hall–Kier alpha value is -1.97. The zero-order valence-corrected chi connectivity index (χ0v) is 12.0. The third-order valence-corrected chi connectivity index (χ3v) is 3.25. The van der Waals surface area contributed by atoms with E-state index in [0.717, 1.165) is 0 Å². The molecule has 1 heterocycles. The van der Waals surface area contributed by atoms with Gasteiger partial charge in [0.25, 0.3) is 11.6 Å². The van der Waals surface area contributed by atoms with Crippen LogP contribution < -0.4 is 5.32 Å². The quantitative estimate of drug-likeness (QED) is 0.508. The van der Waals surface area contributed by atoms with Crippen molar-refractivity contribution in [2.45, 2.75) is 0 Å². The third kappa shape index (κ3) is 2.72. The van der Waals surface area contributed by atoms with Gasteiger partial charge in [0.05, 0.1) is 14.7 Å². The maximum absolute atomic E-state index is 12.1. The molecule has 0 aliphatic rings. The topological polar surface area (TPSA) is 90.1 Å². The van der Waals surface area contributed by atoms with Crippen molar-refractivity contribution >= 4 is 39.9 Å². The van der Waals surface area contributed by atoms with E-state index >= 15 is 0 Å². The van der Waals surface area contributed by atoms with Crippen molar-refractivity contribution in [3.63, 3.8) is 0 Å². The van der Waals surface area contributed by atoms with Crippen molar-refractivity contribution in [1.29, 1.82) is 0 Å². The van der Waals surface area contributed by atoms with Crippen LogP contribution in [0.4, 0.5) is 11.4 Å². The van der Waals surface area contributed by atoms with Crippen LogP contribution in [0.15, 0.2) is 30.5 Å². The van der Waals surface area contributed by atoms with Gasteiger partial charge in [0.2, 0.25) is 0 Å². The second-order valence-corrected chi connectivity index (χ2v) is 4.86. The maximum Gasteiger partial charge on any atom is 0.292 e. The Labute approximate surface area is 121 Å². The first-order valence-electron chi connectivity index (χ1n) is 5.23. The van der Waals surface area contributed by atoms with Crippen molar-refractivity contribution < 1.29 is 9.72 Å². The molecule has 0 unspecified atom stereocenters. The van der Waals surface area contributed by atoms with E-state index in [4.69, 9.17) is 0 Å². The van der Waals surface area contributed by atoms with E-state index in [0.29, 0.717) is 9.26 Å². The standard InChI is InChI=1S/C11H9IN4O3/c1-15-10(7(12)6-13-15)11(17)14-8-4-2-3-5-9(8)16(18)19/h2-6H,1H3,(H,14,17). The molecule has 0 atom stereocenters. The normalized spacial score (nSPS) is 10.2. The lowest BCUT2D eigenvalue weighted by Gasteiger charge is -2.06. The van der Waals surface area contributed by atoms with Gasteiger partial charge >= 0.3 is 0 Å². The van der Waals surface area contributed by atoms with Crippen molar-refractivity contribution in [2.24, 2.45) is 7.05 Å². The minimum Gasteiger partial charge on any atom is -0.315 e. The SMILES string of the molecule is Cn1ncc(I)c1C(=O)Nc1ccccc1[N+](=O)[O-]. The number of nitrogens with zero attached hydrogens (tertiary/aromatic N) is 3. The molecule has 2 aromatic rings. The lowest BCUT2D eigenvalue weighted by molar-refractivity contribution is -0.383. The molecular weight excluding hydrogens is 363 g/mol. The number of hydrogen-bond acceptors (Lipinski definition) is 4. The van der Waals surface area contributed by atoms with Crippen LogP contribution in [0.3, 0.4) is 0 Å². The third-order valence-electron chi connectivity index (χ3n) is 2.46. The Morgan fingerprint density at radius 3 is 2.74 bits per heavy atom. The average molecular weight is 372 g/mol. The van der Waals surface area contributed by atoms with Crippen molar-refractivity contribution in [2.75, 3.05) is 5.32 Å². The number of benzene rings is 1. The minimum absolute atomic E-state index is 0.145. The van der Waals surface area contributed by atoms with Crippen molar-refractivity contribution in [3.8, 4) is 0 Å². The van der Waals surface area contributed by atoms with Crippen LogP contribution in [0.1, 0.15) is 10.5 Å². The summed E-state index contributed by atoms with van der Waals surface area (Å²) in [4.78, 5) is 22.4. The van der Waals surface area contributed by atoms with Crippen LogP contribution in [0.25, 0.3) is 0 Å². The predicted octanol–water partition coefficient (Wildman–Crippen LogP) is 2.19. The molecule has 19 heavy (non-hydrogen) atoms. The number of aryl methyl sites for hydroxylation is 1. The highest BCUT2D eigenvalue weighted by Crippen LogP contribution is 2.24. The summed E-state index contributed by atoms with van der Waals surface area (Å²) in [7, 11) is 1.64. The van der Waals surface area contributed by atoms with Gasteiger partial charge in [-0.25, -0.2) is 0 Å². The Balaban J connectivity index is 2.32. The molecule has 1 N–H and O–H groups in total. The zero-order valence-electron chi connectivity index (χ0n) is 9.83. The summed E-state index contributed by atoms with van der Waals surface area (Å²) in [6.07, 6.45) is 1.55. The van der Waals surface area contributed by atoms with E-state index in [9.17, 15) is 14.9 Å². The smallest absolute Gasteiger partial charge is 0.292 e. The number of nitrogens with one attached hydrogen (secondary N) is 1. The summed E-state index contributed by atoms with van der Waals surface area (Å²) >= 11 is 1.98. The lowest BCUT2D eigenvalue weighted by Crippen LogP contribution is -2.18. The number of anilines is 1. The molecule has 1 amide bonds. The molecule has 0 saturated heterocycles. The number of carbonyl (C=O) groups excluding carboxylic acids is 1. The number of aromatic nitrogens is 2. The fourth-order valence-electron chi connectivity index (χ4n) is 1.59. The van der Waals surface area contributed by atoms with E-state index in [1.165, 1.54) is 16.8 Å². The molecule has 0 fully saturated rings. The van der Waals surface area contributed by atoms with E-state index in [2.05, 4.69) is 10.4 Å². The van der Waals surface area contributed by atoms with E-state index in [1.807, 2.05) is 22.6 Å². The van der Waals surface area contributed by atoms with Gasteiger partial charge < -0.3 is 5.32 Å². The molecule has 0 saturated carbocycles. The number of amides is 1. The Kier molecular flexibility index (Phi) is 3.79. The molecule has 2 rings (SSSR count). The van der Waals surface area contributed by atoms with Crippen LogP contribution in [-0.2, 0) is 7.05 Å². The maximum atomic E-state index is 12.1. The van der Waals surface area contributed by atoms with Gasteiger partial charge in [0.1, 0.15) is 11.4 Å². The Bertz CT molecular complexity index is 634. The van der Waals surface area contributed by atoms with Crippen molar-refractivity contribution in [1.82, 2.24) is 9.78 Å². The number of rotatable bonds is 3. The Morgan fingerprint density at radius 1 is 1.47 bits per heavy atom. The van der Waals surface area contributed by atoms with E-state index in [-0.39, 0.29) is 11.4 Å². The highest BCUT2D eigenvalue weighted by atomic mass is 127. The summed E-state index contributed by atoms with van der Waals surface area (Å²) in [6, 6.07) is 5.99. The van der Waals surface area contributed by atoms with Gasteiger partial charge in [0.15, 0.2) is 0 Å². The summed E-state index contributed by atoms with van der Waals surface area (Å²) in [6.45, 7) is 0. The molecule has 0 aliphatic heterocycles. The largest absolute Gasteiger partial charge is 0.315 e. The van der Waals surface area contributed by atoms with E-state index in [1.54, 1.807) is 25.4 Å². The van der Waals surface area contributed by atoms with Gasteiger partial charge in [-0.05, 0) is 28.7 Å². The zero-order chi connectivity index (χ0) is 14.0. The number of para-hydroxylation sites is 2. The molecule has 0 radical (unpaired) electrons. The molecule has 0 aliphatic carbocycles. The van der Waals surface area contributed by atoms with Crippen LogP contribution in [0, 0.1) is 13.7 Å². The summed E-state index contributed by atoms with van der Waals surface area (Å²) < 4.78 is 2.10. The summed E-state index contributed by atoms with van der Waals surface area (Å²) in [5.74, 6) is -0.432. The second kappa shape index (κ2) is 5.34. The van der Waals surface area contributed by atoms with Crippen LogP contribution in [-0.4, -0.2) is 20.6 Å². The number of carbonyl (C=O) groups is 1. The van der Waals surface area contributed by atoms with Crippen LogP contribution in [0.2, 0.25) is 0 Å². The molecule has 98 valence electrons. The van der Waals surface area contributed by atoms with Gasteiger partial charge in [0, 0.05) is 13.1 Å². The predicted molar refractivity (Wildman–Crippen MR) is 77.0 cm³/mol. The van der Waals surface area contributed by atoms with Gasteiger partial charge in [-0.15, -0.1) is 0 Å². The second-order valence-electron chi connectivity index (χ2n) is 3.69. The highest BCUT2D eigenvalue weighted by molar-refractivity contribution is 14.1. The van der Waals surface area contributed by atoms with Gasteiger partial charge in [-0.1, -0.05) is 12.1 Å². The monoisotopic (exact) mass is 372 g/mol. The van der Waals surface area contributed by atoms with Gasteiger partial charge in [-0.3, -0.25) is 19.6 Å². The average Bonchev–Trinajstić information content (AvgIpc) is 2.69. The van der Waals surface area contributed by atoms with Crippen LogP contribution in [0.5, 0.6) is 0 Å². The molecule has 1 aromatic heterocycles. The molecule has 0 spiro atoms. The van der Waals surface area contributed by atoms with E-state index < -0.39 is 10.8 Å². The first-order chi connectivity index (χ1) is 9.00. The number of hydrogen-bond donors (Lipinski definition) is 1. The number of nitro groups is 1. The number of nitro benzene ring substituents is 1. The molecule has 1 aromatic carbocycles. The molecule has 8 heteroatoms. The Morgan fingerprint density at radius 2 is 2.16 bits per heavy atom. The van der Waals surface area contributed by atoms with Crippen molar-refractivity contribution in [3.05, 3.63) is 49.8 Å². The molecule has 7 nitrogen and oxygen atoms in total. The highest BCUT2D eigenvalue weighted by Gasteiger charge is 2.19. The molecule has 0 bridgehead atoms. The first-order valence-corrected chi connectivity index (χ1v) is 6.31. The summed E-state index contributed by atoms with van der Waals surface area (Å²) in [5.41, 5.74) is 0.376. The van der Waals surface area contributed by atoms with Crippen LogP contribution >= 0.6 is 22.6 Å². The molecular formula is C11H9IN4O3. The van der Waals surface area contributed by atoms with Gasteiger partial charge in [-0.2, -0.15) is 5.10 Å². The fraction of sp³-hybridized carbons (Fsp3) is 0.0909. The number of halogens is 1. The summed E-state index contributed by atoms with van der Waals surface area (Å²) in [5, 5.41) is 17.3. The minimum atomic E-state index is -0.538. The fourth-order valence-corrected chi connectivity index (χ4v) is 2.30. The lowest BCUT2D eigenvalue weighted by atomic mass is 10.2.